The molecule has 0 aliphatic carbocycles. The monoisotopic (exact) mass is 446 g/mol. The topological polar surface area (TPSA) is 71.3 Å². The van der Waals surface area contributed by atoms with Crippen molar-refractivity contribution in [2.24, 2.45) is 0 Å². The number of aromatic nitrogens is 2. The Kier molecular flexibility index (Phi) is 5.84. The highest BCUT2D eigenvalue weighted by molar-refractivity contribution is 7.13. The fraction of sp³-hybridized carbons (Fsp3) is 0.240. The number of anilines is 2. The van der Waals surface area contributed by atoms with Gasteiger partial charge in [-0.1, -0.05) is 45.0 Å². The van der Waals surface area contributed by atoms with Crippen molar-refractivity contribution < 1.29 is 9.21 Å². The summed E-state index contributed by atoms with van der Waals surface area (Å²) in [5.74, 6) is 0.476. The van der Waals surface area contributed by atoms with Gasteiger partial charge in [0, 0.05) is 42.5 Å². The Balaban J connectivity index is 1.78. The van der Waals surface area contributed by atoms with Crippen LogP contribution in [-0.2, 0) is 5.41 Å². The molecule has 0 fully saturated rings. The molecule has 2 aromatic carbocycles. The van der Waals surface area contributed by atoms with E-state index in [-0.39, 0.29) is 17.0 Å². The first-order valence-corrected chi connectivity index (χ1v) is 11.2. The molecule has 0 saturated heterocycles. The molecular weight excluding hydrogens is 420 g/mol. The lowest BCUT2D eigenvalue weighted by Crippen LogP contribution is -2.13. The van der Waals surface area contributed by atoms with E-state index in [4.69, 9.17) is 4.42 Å². The van der Waals surface area contributed by atoms with Gasteiger partial charge in [-0.25, -0.2) is 9.97 Å². The highest BCUT2D eigenvalue weighted by Gasteiger charge is 2.24. The second kappa shape index (κ2) is 8.59. The summed E-state index contributed by atoms with van der Waals surface area (Å²) >= 11 is 1.35. The minimum absolute atomic E-state index is 0.0473. The van der Waals surface area contributed by atoms with Crippen molar-refractivity contribution >= 4 is 28.1 Å². The van der Waals surface area contributed by atoms with Gasteiger partial charge in [-0.2, -0.15) is 0 Å². The molecule has 7 heteroatoms. The number of rotatable bonds is 5. The summed E-state index contributed by atoms with van der Waals surface area (Å²) in [6, 6.07) is 15.9. The van der Waals surface area contributed by atoms with Gasteiger partial charge in [0.15, 0.2) is 16.6 Å². The minimum atomic E-state index is -0.355. The molecule has 0 spiro atoms. The second-order valence-electron chi connectivity index (χ2n) is 8.76. The maximum absolute atomic E-state index is 13.1. The van der Waals surface area contributed by atoms with Crippen LogP contribution in [-0.4, -0.2) is 30.0 Å². The van der Waals surface area contributed by atoms with Crippen molar-refractivity contribution in [1.29, 1.82) is 0 Å². The molecule has 6 nitrogen and oxygen atoms in total. The summed E-state index contributed by atoms with van der Waals surface area (Å²) in [6.07, 6.45) is 1.65. The summed E-state index contributed by atoms with van der Waals surface area (Å²) in [6.45, 7) is 6.51. The number of amides is 1. The minimum Gasteiger partial charge on any atom is -0.435 e. The van der Waals surface area contributed by atoms with Crippen molar-refractivity contribution in [2.45, 2.75) is 26.2 Å². The molecule has 1 amide bonds. The number of nitrogens with zero attached hydrogens (tertiary/aromatic N) is 3. The zero-order chi connectivity index (χ0) is 22.9. The van der Waals surface area contributed by atoms with Crippen LogP contribution in [0.4, 0.5) is 10.8 Å². The largest absolute Gasteiger partial charge is 0.435 e. The zero-order valence-electron chi connectivity index (χ0n) is 18.8. The summed E-state index contributed by atoms with van der Waals surface area (Å²) in [5.41, 5.74) is 4.09. The number of thiazole rings is 1. The number of oxazole rings is 1. The average molecular weight is 447 g/mol. The van der Waals surface area contributed by atoms with Gasteiger partial charge in [-0.3, -0.25) is 10.1 Å². The van der Waals surface area contributed by atoms with Crippen LogP contribution in [0.5, 0.6) is 0 Å². The van der Waals surface area contributed by atoms with Crippen LogP contribution in [0.15, 0.2) is 64.5 Å². The third kappa shape index (κ3) is 4.57. The van der Waals surface area contributed by atoms with E-state index < -0.39 is 0 Å². The molecule has 2 heterocycles. The van der Waals surface area contributed by atoms with Gasteiger partial charge < -0.3 is 9.32 Å². The summed E-state index contributed by atoms with van der Waals surface area (Å²) in [4.78, 5) is 23.8. The third-order valence-corrected chi connectivity index (χ3v) is 5.81. The van der Waals surface area contributed by atoms with Crippen molar-refractivity contribution in [2.75, 3.05) is 24.3 Å². The molecular formula is C25H26N4O2S. The Morgan fingerprint density at radius 3 is 2.44 bits per heavy atom. The average Bonchev–Trinajstić information content (AvgIpc) is 3.43. The van der Waals surface area contributed by atoms with E-state index in [2.05, 4.69) is 48.2 Å². The first kappa shape index (κ1) is 21.8. The molecule has 4 rings (SSSR count). The van der Waals surface area contributed by atoms with Crippen molar-refractivity contribution in [3.63, 3.8) is 0 Å². The van der Waals surface area contributed by atoms with E-state index in [0.29, 0.717) is 16.8 Å². The van der Waals surface area contributed by atoms with Gasteiger partial charge in [0.1, 0.15) is 0 Å². The van der Waals surface area contributed by atoms with Crippen LogP contribution < -0.4 is 10.2 Å². The Bertz CT molecular complexity index is 1220. The molecule has 0 bridgehead atoms. The SMILES string of the molecule is CN(C)c1cccc(-c2oc(-c3ccc(C(C)(C)C)cc3)nc2C(=O)Nc2nccs2)c1. The number of carbonyl (C=O) groups is 1. The number of carbonyl (C=O) groups excluding carboxylic acids is 1. The molecule has 164 valence electrons. The van der Waals surface area contributed by atoms with Crippen LogP contribution in [0.2, 0.25) is 0 Å². The van der Waals surface area contributed by atoms with E-state index in [1.54, 1.807) is 6.20 Å². The molecule has 0 radical (unpaired) electrons. The number of hydrogen-bond acceptors (Lipinski definition) is 6. The normalized spacial score (nSPS) is 11.4. The predicted molar refractivity (Wildman–Crippen MR) is 130 cm³/mol. The maximum Gasteiger partial charge on any atom is 0.280 e. The highest BCUT2D eigenvalue weighted by Crippen LogP contribution is 2.33. The summed E-state index contributed by atoms with van der Waals surface area (Å²) in [5, 5.41) is 5.14. The second-order valence-corrected chi connectivity index (χ2v) is 9.65. The van der Waals surface area contributed by atoms with E-state index in [1.165, 1.54) is 16.9 Å². The Morgan fingerprint density at radius 2 is 1.81 bits per heavy atom. The molecule has 32 heavy (non-hydrogen) atoms. The van der Waals surface area contributed by atoms with Crippen LogP contribution >= 0.6 is 11.3 Å². The molecule has 1 N–H and O–H groups in total. The van der Waals surface area contributed by atoms with E-state index in [1.807, 2.05) is 60.8 Å². The standard InChI is InChI=1S/C25H26N4O2S/c1-25(2,3)18-11-9-16(10-12-18)23-27-20(22(30)28-24-26-13-14-32-24)21(31-23)17-7-6-8-19(15-17)29(4)5/h6-15H,1-5H3,(H,26,28,30). The van der Waals surface area contributed by atoms with Crippen LogP contribution in [0.3, 0.4) is 0 Å². The third-order valence-electron chi connectivity index (χ3n) is 5.12. The van der Waals surface area contributed by atoms with Gasteiger partial charge in [-0.05, 0) is 35.2 Å². The summed E-state index contributed by atoms with van der Waals surface area (Å²) < 4.78 is 6.18. The molecule has 2 aromatic heterocycles. The van der Waals surface area contributed by atoms with E-state index in [0.717, 1.165) is 16.8 Å². The number of hydrogen-bond donors (Lipinski definition) is 1. The first-order chi connectivity index (χ1) is 15.2. The van der Waals surface area contributed by atoms with Crippen molar-refractivity contribution in [1.82, 2.24) is 9.97 Å². The number of benzene rings is 2. The molecule has 0 atom stereocenters. The van der Waals surface area contributed by atoms with Crippen molar-refractivity contribution in [3.05, 3.63) is 71.4 Å². The molecule has 0 aliphatic heterocycles. The van der Waals surface area contributed by atoms with Gasteiger partial charge in [-0.15, -0.1) is 11.3 Å². The van der Waals surface area contributed by atoms with E-state index >= 15 is 0 Å². The Labute approximate surface area is 192 Å². The highest BCUT2D eigenvalue weighted by atomic mass is 32.1. The Hall–Kier alpha value is -3.45. The molecule has 4 aromatic rings. The smallest absolute Gasteiger partial charge is 0.280 e. The quantitative estimate of drug-likeness (QED) is 0.402. The van der Waals surface area contributed by atoms with Crippen LogP contribution in [0.25, 0.3) is 22.8 Å². The van der Waals surface area contributed by atoms with Gasteiger partial charge >= 0.3 is 0 Å². The fourth-order valence-electron chi connectivity index (χ4n) is 3.27. The zero-order valence-corrected chi connectivity index (χ0v) is 19.7. The summed E-state index contributed by atoms with van der Waals surface area (Å²) in [7, 11) is 3.94. The first-order valence-electron chi connectivity index (χ1n) is 10.3. The van der Waals surface area contributed by atoms with Crippen LogP contribution in [0, 0.1) is 0 Å². The maximum atomic E-state index is 13.1. The molecule has 0 unspecified atom stereocenters. The molecule has 0 saturated carbocycles. The Morgan fingerprint density at radius 1 is 1.06 bits per heavy atom. The lowest BCUT2D eigenvalue weighted by atomic mass is 9.87. The van der Waals surface area contributed by atoms with E-state index in [9.17, 15) is 4.79 Å². The lowest BCUT2D eigenvalue weighted by molar-refractivity contribution is 0.102. The van der Waals surface area contributed by atoms with Crippen molar-refractivity contribution in [3.8, 4) is 22.8 Å². The fourth-order valence-corrected chi connectivity index (χ4v) is 3.80. The van der Waals surface area contributed by atoms with Gasteiger partial charge in [0.2, 0.25) is 5.89 Å². The van der Waals surface area contributed by atoms with Gasteiger partial charge in [0.05, 0.1) is 0 Å². The van der Waals surface area contributed by atoms with Crippen LogP contribution in [0.1, 0.15) is 36.8 Å². The molecule has 0 aliphatic rings. The van der Waals surface area contributed by atoms with Gasteiger partial charge in [0.25, 0.3) is 5.91 Å². The lowest BCUT2D eigenvalue weighted by Gasteiger charge is -2.18. The number of nitrogens with one attached hydrogen (secondary N) is 1. The predicted octanol–water partition coefficient (Wildman–Crippen LogP) is 6.08.